The monoisotopic (exact) mass is 260 g/mol. The van der Waals surface area contributed by atoms with Crippen LogP contribution in [0.2, 0.25) is 0 Å². The van der Waals surface area contributed by atoms with Crippen LogP contribution in [-0.4, -0.2) is 4.98 Å². The van der Waals surface area contributed by atoms with Gasteiger partial charge in [-0.2, -0.15) is 0 Å². The van der Waals surface area contributed by atoms with Crippen molar-refractivity contribution in [2.24, 2.45) is 5.73 Å². The highest BCUT2D eigenvalue weighted by Crippen LogP contribution is 2.30. The Labute approximate surface area is 113 Å². The fourth-order valence-electron chi connectivity index (χ4n) is 1.96. The van der Waals surface area contributed by atoms with Crippen LogP contribution in [0.5, 0.6) is 0 Å². The van der Waals surface area contributed by atoms with Crippen LogP contribution in [0.25, 0.3) is 11.3 Å². The molecule has 0 atom stereocenters. The molecule has 2 N–H and O–H groups in total. The summed E-state index contributed by atoms with van der Waals surface area (Å²) in [5.74, 6) is 0. The number of thiazole rings is 1. The van der Waals surface area contributed by atoms with Crippen LogP contribution in [0.1, 0.15) is 36.2 Å². The van der Waals surface area contributed by atoms with E-state index in [0.29, 0.717) is 6.54 Å². The number of rotatable bonds is 2. The maximum Gasteiger partial charge on any atom is 0.0905 e. The Morgan fingerprint density at radius 1 is 1.17 bits per heavy atom. The van der Waals surface area contributed by atoms with Gasteiger partial charge < -0.3 is 5.73 Å². The molecule has 0 spiro atoms. The molecular formula is C15H20N2S. The zero-order chi connectivity index (χ0) is 13.3. The fourth-order valence-corrected chi connectivity index (χ4v) is 2.80. The molecule has 1 aromatic heterocycles. The number of aromatic nitrogens is 1. The standard InChI is InChI=1S/C15H20N2S/c1-10-17-14(13(9-16)18-10)11-5-7-12(8-6-11)15(2,3)4/h5-8H,9,16H2,1-4H3. The Balaban J connectivity index is 2.40. The number of benzene rings is 1. The number of nitrogens with zero attached hydrogens (tertiary/aromatic N) is 1. The zero-order valence-electron chi connectivity index (χ0n) is 11.4. The molecule has 0 aliphatic heterocycles. The third-order valence-corrected chi connectivity index (χ3v) is 4.01. The molecular weight excluding hydrogens is 240 g/mol. The summed E-state index contributed by atoms with van der Waals surface area (Å²) in [5, 5.41) is 1.07. The van der Waals surface area contributed by atoms with Gasteiger partial charge in [-0.05, 0) is 17.9 Å². The van der Waals surface area contributed by atoms with Crippen molar-refractivity contribution in [3.05, 3.63) is 39.7 Å². The summed E-state index contributed by atoms with van der Waals surface area (Å²) in [6.45, 7) is 9.25. The first-order valence-electron chi connectivity index (χ1n) is 6.19. The fraction of sp³-hybridized carbons (Fsp3) is 0.400. The van der Waals surface area contributed by atoms with Crippen LogP contribution < -0.4 is 5.73 Å². The Bertz CT molecular complexity index is 533. The molecule has 0 unspecified atom stereocenters. The predicted octanol–water partition coefficient (Wildman–Crippen LogP) is 3.87. The number of aryl methyl sites for hydroxylation is 1. The summed E-state index contributed by atoms with van der Waals surface area (Å²) >= 11 is 1.68. The van der Waals surface area contributed by atoms with Crippen LogP contribution in [0, 0.1) is 6.92 Å². The lowest BCUT2D eigenvalue weighted by Gasteiger charge is -2.19. The summed E-state index contributed by atoms with van der Waals surface area (Å²) < 4.78 is 0. The van der Waals surface area contributed by atoms with E-state index >= 15 is 0 Å². The highest BCUT2D eigenvalue weighted by Gasteiger charge is 2.14. The zero-order valence-corrected chi connectivity index (χ0v) is 12.3. The Hall–Kier alpha value is -1.19. The highest BCUT2D eigenvalue weighted by atomic mass is 32.1. The van der Waals surface area contributed by atoms with Gasteiger partial charge in [-0.15, -0.1) is 11.3 Å². The average Bonchev–Trinajstić information content (AvgIpc) is 2.69. The van der Waals surface area contributed by atoms with Gasteiger partial charge in [0.2, 0.25) is 0 Å². The molecule has 0 bridgehead atoms. The van der Waals surface area contributed by atoms with E-state index in [-0.39, 0.29) is 5.41 Å². The molecule has 2 rings (SSSR count). The van der Waals surface area contributed by atoms with Crippen molar-refractivity contribution in [1.82, 2.24) is 4.98 Å². The van der Waals surface area contributed by atoms with Crippen molar-refractivity contribution in [2.75, 3.05) is 0 Å². The van der Waals surface area contributed by atoms with Gasteiger partial charge in [-0.3, -0.25) is 0 Å². The number of hydrogen-bond acceptors (Lipinski definition) is 3. The molecule has 0 saturated carbocycles. The number of nitrogens with two attached hydrogens (primary N) is 1. The average molecular weight is 260 g/mol. The maximum absolute atomic E-state index is 5.77. The van der Waals surface area contributed by atoms with E-state index in [0.717, 1.165) is 21.1 Å². The molecule has 0 amide bonds. The highest BCUT2D eigenvalue weighted by molar-refractivity contribution is 7.12. The molecule has 0 radical (unpaired) electrons. The lowest BCUT2D eigenvalue weighted by molar-refractivity contribution is 0.590. The third kappa shape index (κ3) is 2.62. The molecule has 2 aromatic rings. The second kappa shape index (κ2) is 4.82. The summed E-state index contributed by atoms with van der Waals surface area (Å²) in [7, 11) is 0. The minimum Gasteiger partial charge on any atom is -0.326 e. The molecule has 1 heterocycles. The first kappa shape index (κ1) is 13.2. The predicted molar refractivity (Wildman–Crippen MR) is 78.9 cm³/mol. The summed E-state index contributed by atoms with van der Waals surface area (Å²) in [6.07, 6.45) is 0. The minimum atomic E-state index is 0.188. The molecule has 0 fully saturated rings. The van der Waals surface area contributed by atoms with Crippen molar-refractivity contribution in [2.45, 2.75) is 39.7 Å². The molecule has 0 saturated heterocycles. The molecule has 96 valence electrons. The molecule has 1 aromatic carbocycles. The summed E-state index contributed by atoms with van der Waals surface area (Å²) in [6, 6.07) is 8.66. The van der Waals surface area contributed by atoms with E-state index in [4.69, 9.17) is 5.73 Å². The van der Waals surface area contributed by atoms with Gasteiger partial charge in [0.15, 0.2) is 0 Å². The van der Waals surface area contributed by atoms with Crippen molar-refractivity contribution >= 4 is 11.3 Å². The second-order valence-electron chi connectivity index (χ2n) is 5.54. The van der Waals surface area contributed by atoms with E-state index in [9.17, 15) is 0 Å². The van der Waals surface area contributed by atoms with Crippen LogP contribution in [0.3, 0.4) is 0 Å². The summed E-state index contributed by atoms with van der Waals surface area (Å²) in [4.78, 5) is 5.75. The summed E-state index contributed by atoms with van der Waals surface area (Å²) in [5.41, 5.74) is 9.50. The van der Waals surface area contributed by atoms with Gasteiger partial charge in [-0.1, -0.05) is 45.0 Å². The smallest absolute Gasteiger partial charge is 0.0905 e. The quantitative estimate of drug-likeness (QED) is 0.890. The third-order valence-electron chi connectivity index (χ3n) is 3.01. The van der Waals surface area contributed by atoms with Crippen molar-refractivity contribution < 1.29 is 0 Å². The van der Waals surface area contributed by atoms with Crippen LogP contribution in [0.15, 0.2) is 24.3 Å². The minimum absolute atomic E-state index is 0.188. The lowest BCUT2D eigenvalue weighted by atomic mass is 9.86. The SMILES string of the molecule is Cc1nc(-c2ccc(C(C)(C)C)cc2)c(CN)s1. The number of hydrogen-bond donors (Lipinski definition) is 1. The van der Waals surface area contributed by atoms with Crippen LogP contribution >= 0.6 is 11.3 Å². The van der Waals surface area contributed by atoms with Gasteiger partial charge in [-0.25, -0.2) is 4.98 Å². The molecule has 0 aliphatic carbocycles. The van der Waals surface area contributed by atoms with Gasteiger partial charge in [0, 0.05) is 17.0 Å². The Kier molecular flexibility index (Phi) is 3.55. The Morgan fingerprint density at radius 3 is 2.28 bits per heavy atom. The maximum atomic E-state index is 5.77. The Morgan fingerprint density at radius 2 is 1.78 bits per heavy atom. The first-order valence-corrected chi connectivity index (χ1v) is 7.01. The van der Waals surface area contributed by atoms with Crippen LogP contribution in [0.4, 0.5) is 0 Å². The van der Waals surface area contributed by atoms with E-state index in [2.05, 4.69) is 50.0 Å². The van der Waals surface area contributed by atoms with Crippen molar-refractivity contribution in [3.63, 3.8) is 0 Å². The topological polar surface area (TPSA) is 38.9 Å². The second-order valence-corrected chi connectivity index (χ2v) is 6.82. The molecule has 0 aliphatic rings. The van der Waals surface area contributed by atoms with Crippen molar-refractivity contribution in [3.8, 4) is 11.3 Å². The van der Waals surface area contributed by atoms with E-state index in [1.54, 1.807) is 11.3 Å². The molecule has 2 nitrogen and oxygen atoms in total. The van der Waals surface area contributed by atoms with Crippen molar-refractivity contribution in [1.29, 1.82) is 0 Å². The van der Waals surface area contributed by atoms with Gasteiger partial charge in [0.05, 0.1) is 10.7 Å². The molecule has 18 heavy (non-hydrogen) atoms. The van der Waals surface area contributed by atoms with Gasteiger partial charge in [0.25, 0.3) is 0 Å². The van der Waals surface area contributed by atoms with E-state index in [1.165, 1.54) is 5.56 Å². The van der Waals surface area contributed by atoms with Gasteiger partial charge >= 0.3 is 0 Å². The largest absolute Gasteiger partial charge is 0.326 e. The van der Waals surface area contributed by atoms with E-state index in [1.807, 2.05) is 6.92 Å². The first-order chi connectivity index (χ1) is 8.41. The molecule has 3 heteroatoms. The lowest BCUT2D eigenvalue weighted by Crippen LogP contribution is -2.10. The van der Waals surface area contributed by atoms with E-state index < -0.39 is 0 Å². The normalized spacial score (nSPS) is 11.8. The van der Waals surface area contributed by atoms with Crippen LogP contribution in [-0.2, 0) is 12.0 Å². The van der Waals surface area contributed by atoms with Gasteiger partial charge in [0.1, 0.15) is 0 Å².